The molecule has 0 aliphatic heterocycles. The first-order valence-corrected chi connectivity index (χ1v) is 23.6. The second kappa shape index (κ2) is 19.7. The summed E-state index contributed by atoms with van der Waals surface area (Å²) >= 11 is 0. The number of amides is 3. The van der Waals surface area contributed by atoms with Gasteiger partial charge in [-0.05, 0) is 91.8 Å². The number of carbonyl (C=O) groups is 3. The molecule has 2 atom stereocenters. The highest BCUT2D eigenvalue weighted by Gasteiger charge is 2.40. The van der Waals surface area contributed by atoms with Crippen LogP contribution in [0.15, 0.2) is 138 Å². The lowest BCUT2D eigenvalue weighted by molar-refractivity contribution is -0.126. The number of hydrogen-bond donors (Lipinski definition) is 3. The summed E-state index contributed by atoms with van der Waals surface area (Å²) in [6.45, 7) is 15.9. The molecule has 5 aromatic rings. The second-order valence-electron chi connectivity index (χ2n) is 17.8. The molecule has 61 heavy (non-hydrogen) atoms. The maximum Gasteiger partial charge on any atom is 0.412 e. The average molecular weight is 847 g/mol. The van der Waals surface area contributed by atoms with E-state index in [9.17, 15) is 23.6 Å². The van der Waals surface area contributed by atoms with Gasteiger partial charge in [0.2, 0.25) is 11.8 Å². The SMILES string of the molecule is CC(C)(C)OC(=O)Nc1cccn([C@@H](Cc2ccc(F)cc2)C(=O)N[C@@H](CCC(=O)NC(c2ccccc2)(c2ccccc2)c2ccccc2)CO[Si](C)(C)C(C)(C)C)c1=O. The molecule has 322 valence electrons. The topological polar surface area (TPSA) is 128 Å². The van der Waals surface area contributed by atoms with Crippen molar-refractivity contribution in [1.82, 2.24) is 15.2 Å². The number of halogens is 1. The van der Waals surface area contributed by atoms with Gasteiger partial charge in [0.1, 0.15) is 28.7 Å². The van der Waals surface area contributed by atoms with Crippen LogP contribution in [-0.2, 0) is 30.7 Å². The molecule has 10 nitrogen and oxygen atoms in total. The van der Waals surface area contributed by atoms with E-state index in [2.05, 4.69) is 49.8 Å². The van der Waals surface area contributed by atoms with Crippen molar-refractivity contribution in [2.45, 2.75) is 102 Å². The van der Waals surface area contributed by atoms with E-state index in [1.54, 1.807) is 39.0 Å². The summed E-state index contributed by atoms with van der Waals surface area (Å²) in [5, 5.41) is 8.92. The Labute approximate surface area is 360 Å². The van der Waals surface area contributed by atoms with Crippen LogP contribution in [0.3, 0.4) is 0 Å². The van der Waals surface area contributed by atoms with Crippen LogP contribution >= 0.6 is 0 Å². The summed E-state index contributed by atoms with van der Waals surface area (Å²) in [7, 11) is -2.35. The number of ether oxygens (including phenoxy) is 1. The van der Waals surface area contributed by atoms with Gasteiger partial charge >= 0.3 is 6.09 Å². The van der Waals surface area contributed by atoms with Crippen LogP contribution in [0.25, 0.3) is 0 Å². The van der Waals surface area contributed by atoms with Crippen molar-refractivity contribution in [3.8, 4) is 0 Å². The molecule has 0 spiro atoms. The molecule has 0 saturated heterocycles. The number of carbonyl (C=O) groups excluding carboxylic acids is 3. The van der Waals surface area contributed by atoms with Gasteiger partial charge in [-0.3, -0.25) is 19.7 Å². The van der Waals surface area contributed by atoms with E-state index in [-0.39, 0.29) is 42.5 Å². The van der Waals surface area contributed by atoms with Gasteiger partial charge in [0.15, 0.2) is 8.32 Å². The Balaban J connectivity index is 1.48. The van der Waals surface area contributed by atoms with Gasteiger partial charge in [-0.1, -0.05) is 124 Å². The number of aromatic nitrogens is 1. The Morgan fingerprint density at radius 1 is 0.738 bits per heavy atom. The third-order valence-corrected chi connectivity index (χ3v) is 15.6. The van der Waals surface area contributed by atoms with Crippen LogP contribution in [-0.4, -0.2) is 49.0 Å². The van der Waals surface area contributed by atoms with Crippen LogP contribution in [0.5, 0.6) is 0 Å². The highest BCUT2D eigenvalue weighted by atomic mass is 28.4. The van der Waals surface area contributed by atoms with E-state index in [1.807, 2.05) is 91.0 Å². The molecule has 1 aromatic heterocycles. The molecule has 0 saturated carbocycles. The molecule has 12 heteroatoms. The summed E-state index contributed by atoms with van der Waals surface area (Å²) in [5.74, 6) is -1.21. The Hall–Kier alpha value is -5.85. The van der Waals surface area contributed by atoms with Gasteiger partial charge in [-0.15, -0.1) is 0 Å². The van der Waals surface area contributed by atoms with Crippen molar-refractivity contribution in [1.29, 1.82) is 0 Å². The lowest BCUT2D eigenvalue weighted by Crippen LogP contribution is -2.50. The van der Waals surface area contributed by atoms with Crippen molar-refractivity contribution in [2.24, 2.45) is 0 Å². The van der Waals surface area contributed by atoms with Gasteiger partial charge in [-0.25, -0.2) is 9.18 Å². The van der Waals surface area contributed by atoms with E-state index in [4.69, 9.17) is 9.16 Å². The van der Waals surface area contributed by atoms with Gasteiger partial charge < -0.3 is 24.4 Å². The zero-order valence-electron chi connectivity index (χ0n) is 36.5. The standard InChI is InChI=1S/C49H59FN4O6Si/c1-47(2,3)60-46(58)52-41-25-18-32-54(45(41)57)42(33-35-26-28-39(50)29-27-35)44(56)51-40(34-59-61(7,8)48(4,5)6)30-31-43(55)53-49(36-19-12-9-13-20-36,37-21-14-10-15-22-37)38-23-16-11-17-24-38/h9-29,32,40,42H,30-31,33-34H2,1-8H3,(H,51,56)(H,52,58)(H,53,55)/t40-,42-/m0/s1. The first-order chi connectivity index (χ1) is 28.8. The van der Waals surface area contributed by atoms with Crippen LogP contribution in [0.1, 0.15) is 82.7 Å². The second-order valence-corrected chi connectivity index (χ2v) is 22.6. The summed E-state index contributed by atoms with van der Waals surface area (Å²) in [4.78, 5) is 55.8. The molecule has 3 amide bonds. The highest BCUT2D eigenvalue weighted by molar-refractivity contribution is 6.74. The molecule has 0 radical (unpaired) electrons. The normalized spacial score (nSPS) is 13.1. The van der Waals surface area contributed by atoms with E-state index in [1.165, 1.54) is 29.0 Å². The molecule has 0 aliphatic carbocycles. The number of nitrogens with one attached hydrogen (secondary N) is 3. The molecule has 0 bridgehead atoms. The van der Waals surface area contributed by atoms with Crippen LogP contribution in [0.4, 0.5) is 14.9 Å². The van der Waals surface area contributed by atoms with Crippen LogP contribution < -0.4 is 21.5 Å². The lowest BCUT2D eigenvalue weighted by atomic mass is 9.77. The van der Waals surface area contributed by atoms with Gasteiger partial charge in [0.25, 0.3) is 5.56 Å². The Morgan fingerprint density at radius 3 is 1.75 bits per heavy atom. The molecule has 0 unspecified atom stereocenters. The molecule has 5 rings (SSSR count). The highest BCUT2D eigenvalue weighted by Crippen LogP contribution is 2.38. The number of anilines is 1. The minimum atomic E-state index is -2.35. The van der Waals surface area contributed by atoms with E-state index >= 15 is 0 Å². The minimum Gasteiger partial charge on any atom is -0.444 e. The zero-order chi connectivity index (χ0) is 44.4. The lowest BCUT2D eigenvalue weighted by Gasteiger charge is -2.38. The predicted molar refractivity (Wildman–Crippen MR) is 241 cm³/mol. The quantitative estimate of drug-likeness (QED) is 0.0671. The smallest absolute Gasteiger partial charge is 0.412 e. The number of rotatable bonds is 16. The fourth-order valence-electron chi connectivity index (χ4n) is 6.80. The Bertz CT molecular complexity index is 2190. The van der Waals surface area contributed by atoms with Crippen molar-refractivity contribution in [3.63, 3.8) is 0 Å². The monoisotopic (exact) mass is 846 g/mol. The molecule has 1 heterocycles. The molecule has 3 N–H and O–H groups in total. The number of benzene rings is 4. The summed E-state index contributed by atoms with van der Waals surface area (Å²) in [6, 6.07) is 36.4. The Kier molecular flexibility index (Phi) is 14.9. The molecular weight excluding hydrogens is 788 g/mol. The third kappa shape index (κ3) is 12.1. The fourth-order valence-corrected chi connectivity index (χ4v) is 7.85. The molecular formula is C49H59FN4O6Si. The van der Waals surface area contributed by atoms with Crippen molar-refractivity contribution in [3.05, 3.63) is 172 Å². The summed E-state index contributed by atoms with van der Waals surface area (Å²) in [5.41, 5.74) is 0.680. The van der Waals surface area contributed by atoms with Crippen LogP contribution in [0.2, 0.25) is 18.1 Å². The summed E-state index contributed by atoms with van der Waals surface area (Å²) < 4.78 is 27.3. The summed E-state index contributed by atoms with van der Waals surface area (Å²) in [6.07, 6.45) is 0.906. The molecule has 4 aromatic carbocycles. The first kappa shape index (κ1) is 46.2. The largest absolute Gasteiger partial charge is 0.444 e. The number of hydrogen-bond acceptors (Lipinski definition) is 6. The maximum atomic E-state index is 14.6. The predicted octanol–water partition coefficient (Wildman–Crippen LogP) is 9.51. The fraction of sp³-hybridized carbons (Fsp3) is 0.347. The van der Waals surface area contributed by atoms with E-state index in [0.717, 1.165) is 16.7 Å². The first-order valence-electron chi connectivity index (χ1n) is 20.7. The Morgan fingerprint density at radius 2 is 1.26 bits per heavy atom. The van der Waals surface area contributed by atoms with Crippen molar-refractivity contribution in [2.75, 3.05) is 11.9 Å². The minimum absolute atomic E-state index is 0.0198. The van der Waals surface area contributed by atoms with E-state index in [0.29, 0.717) is 5.56 Å². The molecule has 0 fully saturated rings. The van der Waals surface area contributed by atoms with Crippen molar-refractivity contribution < 1.29 is 27.9 Å². The zero-order valence-corrected chi connectivity index (χ0v) is 37.5. The van der Waals surface area contributed by atoms with Gasteiger partial charge in [0.05, 0.1) is 12.6 Å². The number of nitrogens with zero attached hydrogens (tertiary/aromatic N) is 1. The average Bonchev–Trinajstić information content (AvgIpc) is 3.21. The molecule has 0 aliphatic rings. The maximum absolute atomic E-state index is 14.6. The number of pyridine rings is 1. The van der Waals surface area contributed by atoms with Gasteiger partial charge in [0, 0.05) is 19.0 Å². The third-order valence-electron chi connectivity index (χ3n) is 11.1. The van der Waals surface area contributed by atoms with Crippen molar-refractivity contribution >= 4 is 31.9 Å². The van der Waals surface area contributed by atoms with E-state index < -0.39 is 54.9 Å². The van der Waals surface area contributed by atoms with Crippen LogP contribution in [0, 0.1) is 5.82 Å². The van der Waals surface area contributed by atoms with Gasteiger partial charge in [-0.2, -0.15) is 0 Å².